The van der Waals surface area contributed by atoms with Crippen molar-refractivity contribution in [3.8, 4) is 11.5 Å². The van der Waals surface area contributed by atoms with Crippen molar-refractivity contribution in [3.63, 3.8) is 0 Å². The molecule has 0 heterocycles. The number of unbranched alkanes of at least 4 members (excludes halogenated alkanes) is 2. The summed E-state index contributed by atoms with van der Waals surface area (Å²) in [6, 6.07) is 6.17. The van der Waals surface area contributed by atoms with E-state index in [4.69, 9.17) is 9.47 Å². The molecule has 0 bridgehead atoms. The lowest BCUT2D eigenvalue weighted by Crippen LogP contribution is -2.18. The highest BCUT2D eigenvalue weighted by atomic mass is 16.5. The van der Waals surface area contributed by atoms with Gasteiger partial charge in [0.25, 0.3) is 0 Å². The Hall–Kier alpha value is -1.22. The van der Waals surface area contributed by atoms with E-state index in [1.165, 1.54) is 18.4 Å². The first-order chi connectivity index (χ1) is 9.67. The van der Waals surface area contributed by atoms with Gasteiger partial charge in [-0.25, -0.2) is 0 Å². The van der Waals surface area contributed by atoms with Crippen molar-refractivity contribution in [1.82, 2.24) is 5.32 Å². The van der Waals surface area contributed by atoms with Gasteiger partial charge in [0.2, 0.25) is 0 Å². The van der Waals surface area contributed by atoms with Gasteiger partial charge >= 0.3 is 0 Å². The number of methoxy groups -OCH3 is 1. The van der Waals surface area contributed by atoms with Crippen LogP contribution in [-0.2, 0) is 6.54 Å². The Morgan fingerprint density at radius 1 is 1.15 bits per heavy atom. The quantitative estimate of drug-likeness (QED) is 0.656. The van der Waals surface area contributed by atoms with Gasteiger partial charge in [0, 0.05) is 6.54 Å². The second-order valence-corrected chi connectivity index (χ2v) is 5.57. The van der Waals surface area contributed by atoms with Crippen LogP contribution in [0.25, 0.3) is 0 Å². The highest BCUT2D eigenvalue weighted by Gasteiger charge is 2.06. The molecule has 0 aliphatic carbocycles. The molecule has 0 unspecified atom stereocenters. The maximum atomic E-state index is 5.78. The minimum Gasteiger partial charge on any atom is -0.493 e. The molecule has 0 spiro atoms. The van der Waals surface area contributed by atoms with Crippen molar-refractivity contribution in [3.05, 3.63) is 23.8 Å². The second-order valence-electron chi connectivity index (χ2n) is 5.57. The molecule has 0 saturated carbocycles. The third kappa shape index (κ3) is 6.29. The molecule has 3 nitrogen and oxygen atoms in total. The molecule has 1 rings (SSSR count). The predicted molar refractivity (Wildman–Crippen MR) is 84.6 cm³/mol. The van der Waals surface area contributed by atoms with Gasteiger partial charge in [-0.05, 0) is 36.6 Å². The molecule has 0 atom stereocenters. The lowest BCUT2D eigenvalue weighted by molar-refractivity contribution is 0.286. The number of rotatable bonds is 10. The van der Waals surface area contributed by atoms with Gasteiger partial charge in [-0.15, -0.1) is 0 Å². The summed E-state index contributed by atoms with van der Waals surface area (Å²) in [4.78, 5) is 0. The minimum absolute atomic E-state index is 0.665. The van der Waals surface area contributed by atoms with Gasteiger partial charge in [-0.1, -0.05) is 39.7 Å². The van der Waals surface area contributed by atoms with Crippen LogP contribution in [0.4, 0.5) is 0 Å². The summed E-state index contributed by atoms with van der Waals surface area (Å²) < 4.78 is 11.2. The summed E-state index contributed by atoms with van der Waals surface area (Å²) in [6.45, 7) is 9.26. The zero-order chi connectivity index (χ0) is 14.8. The van der Waals surface area contributed by atoms with Crippen LogP contribution in [0.5, 0.6) is 11.5 Å². The largest absolute Gasteiger partial charge is 0.493 e. The highest BCUT2D eigenvalue weighted by molar-refractivity contribution is 5.42. The van der Waals surface area contributed by atoms with E-state index in [2.05, 4.69) is 38.2 Å². The predicted octanol–water partition coefficient (Wildman–Crippen LogP) is 4.01. The molecule has 0 radical (unpaired) electrons. The molecular weight excluding hydrogens is 250 g/mol. The molecule has 0 aromatic heterocycles. The topological polar surface area (TPSA) is 30.5 Å². The first-order valence-corrected chi connectivity index (χ1v) is 7.67. The Morgan fingerprint density at radius 2 is 1.95 bits per heavy atom. The van der Waals surface area contributed by atoms with Crippen LogP contribution in [0, 0.1) is 5.92 Å². The summed E-state index contributed by atoms with van der Waals surface area (Å²) in [5.41, 5.74) is 1.23. The number of hydrogen-bond donors (Lipinski definition) is 1. The molecule has 0 aliphatic rings. The Kier molecular flexibility index (Phi) is 8.12. The number of benzene rings is 1. The zero-order valence-corrected chi connectivity index (χ0v) is 13.4. The fourth-order valence-electron chi connectivity index (χ4n) is 1.98. The molecule has 1 aromatic carbocycles. The van der Waals surface area contributed by atoms with Crippen LogP contribution in [-0.4, -0.2) is 20.3 Å². The van der Waals surface area contributed by atoms with Gasteiger partial charge in [-0.3, -0.25) is 0 Å². The van der Waals surface area contributed by atoms with E-state index in [0.717, 1.165) is 37.6 Å². The number of nitrogens with one attached hydrogen (secondary N) is 1. The maximum Gasteiger partial charge on any atom is 0.161 e. The van der Waals surface area contributed by atoms with Crippen molar-refractivity contribution in [2.45, 2.75) is 46.6 Å². The number of hydrogen-bond acceptors (Lipinski definition) is 3. The van der Waals surface area contributed by atoms with Gasteiger partial charge in [0.1, 0.15) is 0 Å². The minimum atomic E-state index is 0.665. The molecular formula is C17H29NO2. The number of ether oxygens (including phenoxy) is 2. The molecule has 1 N–H and O–H groups in total. The first-order valence-electron chi connectivity index (χ1n) is 7.67. The second kappa shape index (κ2) is 9.65. The van der Waals surface area contributed by atoms with E-state index in [1.807, 2.05) is 6.07 Å². The van der Waals surface area contributed by atoms with Crippen LogP contribution in [0.2, 0.25) is 0 Å². The van der Waals surface area contributed by atoms with E-state index in [0.29, 0.717) is 5.92 Å². The normalized spacial score (nSPS) is 10.8. The Morgan fingerprint density at radius 3 is 2.60 bits per heavy atom. The summed E-state index contributed by atoms with van der Waals surface area (Å²) in [6.07, 6.45) is 3.51. The Balaban J connectivity index is 2.51. The van der Waals surface area contributed by atoms with Crippen molar-refractivity contribution in [2.24, 2.45) is 5.92 Å². The summed E-state index contributed by atoms with van der Waals surface area (Å²) >= 11 is 0. The SMILES string of the molecule is CCCCCOc1ccc(CNCC(C)C)cc1OC. The summed E-state index contributed by atoms with van der Waals surface area (Å²) in [5.74, 6) is 2.33. The molecule has 0 amide bonds. The molecule has 20 heavy (non-hydrogen) atoms. The fourth-order valence-corrected chi connectivity index (χ4v) is 1.98. The lowest BCUT2D eigenvalue weighted by Gasteiger charge is -2.13. The van der Waals surface area contributed by atoms with Crippen molar-refractivity contribution in [2.75, 3.05) is 20.3 Å². The smallest absolute Gasteiger partial charge is 0.161 e. The summed E-state index contributed by atoms with van der Waals surface area (Å²) in [5, 5.41) is 3.44. The first kappa shape index (κ1) is 16.8. The average molecular weight is 279 g/mol. The van der Waals surface area contributed by atoms with Crippen LogP contribution in [0.3, 0.4) is 0 Å². The van der Waals surface area contributed by atoms with Crippen molar-refractivity contribution in [1.29, 1.82) is 0 Å². The molecule has 114 valence electrons. The van der Waals surface area contributed by atoms with Crippen LogP contribution in [0.15, 0.2) is 18.2 Å². The monoisotopic (exact) mass is 279 g/mol. The van der Waals surface area contributed by atoms with E-state index in [9.17, 15) is 0 Å². The van der Waals surface area contributed by atoms with Crippen LogP contribution >= 0.6 is 0 Å². The fraction of sp³-hybridized carbons (Fsp3) is 0.647. The van der Waals surface area contributed by atoms with Crippen molar-refractivity contribution < 1.29 is 9.47 Å². The van der Waals surface area contributed by atoms with Crippen LogP contribution < -0.4 is 14.8 Å². The van der Waals surface area contributed by atoms with Gasteiger partial charge in [0.15, 0.2) is 11.5 Å². The molecule has 3 heteroatoms. The van der Waals surface area contributed by atoms with Gasteiger partial charge in [-0.2, -0.15) is 0 Å². The maximum absolute atomic E-state index is 5.78. The van der Waals surface area contributed by atoms with Crippen LogP contribution in [0.1, 0.15) is 45.6 Å². The van der Waals surface area contributed by atoms with E-state index in [-0.39, 0.29) is 0 Å². The van der Waals surface area contributed by atoms with Gasteiger partial charge in [0.05, 0.1) is 13.7 Å². The standard InChI is InChI=1S/C17H29NO2/c1-5-6-7-10-20-16-9-8-15(11-17(16)19-4)13-18-12-14(2)3/h8-9,11,14,18H,5-7,10,12-13H2,1-4H3. The van der Waals surface area contributed by atoms with Crippen molar-refractivity contribution >= 4 is 0 Å². The van der Waals surface area contributed by atoms with Gasteiger partial charge < -0.3 is 14.8 Å². The molecule has 0 saturated heterocycles. The Bertz CT molecular complexity index is 377. The average Bonchev–Trinajstić information content (AvgIpc) is 2.44. The lowest BCUT2D eigenvalue weighted by atomic mass is 10.2. The van der Waals surface area contributed by atoms with E-state index >= 15 is 0 Å². The molecule has 0 aliphatic heterocycles. The molecule has 0 fully saturated rings. The third-order valence-electron chi connectivity index (χ3n) is 3.12. The van der Waals surface area contributed by atoms with E-state index in [1.54, 1.807) is 7.11 Å². The Labute approximate surface area is 123 Å². The summed E-state index contributed by atoms with van der Waals surface area (Å²) in [7, 11) is 1.69. The molecule has 1 aromatic rings. The zero-order valence-electron chi connectivity index (χ0n) is 13.4. The third-order valence-corrected chi connectivity index (χ3v) is 3.12. The van der Waals surface area contributed by atoms with E-state index < -0.39 is 0 Å². The highest BCUT2D eigenvalue weighted by Crippen LogP contribution is 2.28.